The third-order valence-corrected chi connectivity index (χ3v) is 2.69. The van der Waals surface area contributed by atoms with E-state index in [1.165, 1.54) is 0 Å². The molecule has 1 aromatic rings. The Morgan fingerprint density at radius 1 is 0.826 bits per heavy atom. The van der Waals surface area contributed by atoms with Crippen LogP contribution in [0.25, 0.3) is 0 Å². The number of nitrogens with one attached hydrogen (secondary N) is 3. The van der Waals surface area contributed by atoms with Crippen molar-refractivity contribution in [3.05, 3.63) is 0 Å². The topological polar surface area (TPSA) is 149 Å². The third kappa shape index (κ3) is 8.39. The number of hydrogen-bond donors (Lipinski definition) is 5. The average molecular weight is 326 g/mol. The number of carboxylic acid groups (broad SMARTS) is 2. The van der Waals surface area contributed by atoms with Crippen molar-refractivity contribution in [1.82, 2.24) is 15.0 Å². The second kappa shape index (κ2) is 10.1. The molecule has 0 unspecified atom stereocenters. The molecule has 0 saturated heterocycles. The van der Waals surface area contributed by atoms with Crippen molar-refractivity contribution < 1.29 is 19.8 Å². The van der Waals surface area contributed by atoms with Crippen LogP contribution < -0.4 is 16.0 Å². The van der Waals surface area contributed by atoms with Crippen LogP contribution in [0.5, 0.6) is 0 Å². The number of aromatic nitrogens is 3. The van der Waals surface area contributed by atoms with Crippen LogP contribution in [0.4, 0.5) is 17.8 Å². The summed E-state index contributed by atoms with van der Waals surface area (Å²) in [6.45, 7) is 3.13. The monoisotopic (exact) mass is 326 g/mol. The first-order chi connectivity index (χ1) is 11.0. The predicted molar refractivity (Wildman–Crippen MR) is 84.7 cm³/mol. The van der Waals surface area contributed by atoms with Gasteiger partial charge < -0.3 is 26.2 Å². The van der Waals surface area contributed by atoms with Crippen LogP contribution >= 0.6 is 0 Å². The van der Waals surface area contributed by atoms with Crippen LogP contribution in [-0.4, -0.2) is 56.7 Å². The minimum Gasteiger partial charge on any atom is -0.481 e. The number of carbonyl (C=O) groups is 2. The zero-order valence-corrected chi connectivity index (χ0v) is 13.0. The van der Waals surface area contributed by atoms with Gasteiger partial charge in [0.2, 0.25) is 17.8 Å². The molecule has 0 saturated carbocycles. The van der Waals surface area contributed by atoms with E-state index in [0.29, 0.717) is 12.5 Å². The molecule has 0 atom stereocenters. The lowest BCUT2D eigenvalue weighted by Gasteiger charge is -2.10. The molecule has 0 aromatic carbocycles. The molecule has 1 aromatic heterocycles. The molecule has 0 amide bonds. The Morgan fingerprint density at radius 2 is 1.22 bits per heavy atom. The lowest BCUT2D eigenvalue weighted by Crippen LogP contribution is -2.16. The van der Waals surface area contributed by atoms with E-state index >= 15 is 0 Å². The molecular weight excluding hydrogens is 304 g/mol. The maximum atomic E-state index is 10.5. The molecule has 5 N–H and O–H groups in total. The lowest BCUT2D eigenvalue weighted by molar-refractivity contribution is -0.137. The first kappa shape index (κ1) is 18.4. The Balaban J connectivity index is 2.70. The molecular formula is C13H22N6O4. The molecule has 10 heteroatoms. The minimum atomic E-state index is -0.923. The molecule has 10 nitrogen and oxygen atoms in total. The zero-order chi connectivity index (χ0) is 17.1. The maximum Gasteiger partial charge on any atom is 0.305 e. The summed E-state index contributed by atoms with van der Waals surface area (Å²) in [6, 6.07) is 0. The van der Waals surface area contributed by atoms with E-state index in [1.54, 1.807) is 0 Å². The molecule has 0 aliphatic rings. The van der Waals surface area contributed by atoms with Crippen LogP contribution in [0.1, 0.15) is 32.6 Å². The van der Waals surface area contributed by atoms with Crippen LogP contribution in [0.2, 0.25) is 0 Å². The molecule has 0 bridgehead atoms. The average Bonchev–Trinajstić information content (AvgIpc) is 2.46. The fourth-order valence-electron chi connectivity index (χ4n) is 1.55. The maximum absolute atomic E-state index is 10.5. The second-order valence-corrected chi connectivity index (χ2v) is 4.73. The Kier molecular flexibility index (Phi) is 8.11. The zero-order valence-electron chi connectivity index (χ0n) is 13.0. The normalized spacial score (nSPS) is 10.1. The molecule has 0 aliphatic carbocycles. The van der Waals surface area contributed by atoms with Gasteiger partial charge in [0.1, 0.15) is 0 Å². The standard InChI is InChI=1S/C13H22N6O4/c1-2-3-6-14-11-17-12(15-7-4-9(20)21)19-13(18-11)16-8-5-10(22)23/h2-8H2,1H3,(H,20,21)(H,22,23)(H3,14,15,16,17,18,19). The van der Waals surface area contributed by atoms with Gasteiger partial charge in [0, 0.05) is 19.6 Å². The van der Waals surface area contributed by atoms with E-state index < -0.39 is 11.9 Å². The lowest BCUT2D eigenvalue weighted by atomic mass is 10.3. The molecule has 23 heavy (non-hydrogen) atoms. The van der Waals surface area contributed by atoms with E-state index in [4.69, 9.17) is 10.2 Å². The Bertz CT molecular complexity index is 487. The summed E-state index contributed by atoms with van der Waals surface area (Å²) in [7, 11) is 0. The summed E-state index contributed by atoms with van der Waals surface area (Å²) in [4.78, 5) is 33.4. The van der Waals surface area contributed by atoms with Crippen molar-refractivity contribution in [2.45, 2.75) is 32.6 Å². The van der Waals surface area contributed by atoms with E-state index in [9.17, 15) is 9.59 Å². The number of hydrogen-bond acceptors (Lipinski definition) is 8. The third-order valence-electron chi connectivity index (χ3n) is 2.69. The van der Waals surface area contributed by atoms with Crippen LogP contribution in [0, 0.1) is 0 Å². The summed E-state index contributed by atoms with van der Waals surface area (Å²) in [5, 5.41) is 25.9. The summed E-state index contributed by atoms with van der Waals surface area (Å²) >= 11 is 0. The Labute approximate surface area is 133 Å². The number of rotatable bonds is 12. The number of anilines is 3. The van der Waals surface area contributed by atoms with Crippen molar-refractivity contribution in [1.29, 1.82) is 0 Å². The number of carboxylic acids is 2. The Morgan fingerprint density at radius 3 is 1.57 bits per heavy atom. The second-order valence-electron chi connectivity index (χ2n) is 4.73. The van der Waals surface area contributed by atoms with Gasteiger partial charge in [-0.05, 0) is 6.42 Å². The highest BCUT2D eigenvalue weighted by molar-refractivity contribution is 5.67. The quantitative estimate of drug-likeness (QED) is 0.350. The smallest absolute Gasteiger partial charge is 0.305 e. The Hall–Kier alpha value is -2.65. The fourth-order valence-corrected chi connectivity index (χ4v) is 1.55. The van der Waals surface area contributed by atoms with Crippen molar-refractivity contribution in [2.24, 2.45) is 0 Å². The fraction of sp³-hybridized carbons (Fsp3) is 0.615. The van der Waals surface area contributed by atoms with Gasteiger partial charge in [-0.15, -0.1) is 0 Å². The van der Waals surface area contributed by atoms with Crippen molar-refractivity contribution in [3.63, 3.8) is 0 Å². The predicted octanol–water partition coefficient (Wildman–Crippen LogP) is 0.857. The molecule has 0 radical (unpaired) electrons. The molecule has 0 spiro atoms. The van der Waals surface area contributed by atoms with Crippen molar-refractivity contribution in [3.8, 4) is 0 Å². The van der Waals surface area contributed by atoms with Crippen molar-refractivity contribution >= 4 is 29.8 Å². The minimum absolute atomic E-state index is 0.0634. The molecule has 1 rings (SSSR count). The molecule has 1 heterocycles. The first-order valence-electron chi connectivity index (χ1n) is 7.42. The highest BCUT2D eigenvalue weighted by Gasteiger charge is 2.07. The number of aliphatic carboxylic acids is 2. The number of unbranched alkanes of at least 4 members (excludes halogenated alkanes) is 1. The number of nitrogens with zero attached hydrogens (tertiary/aromatic N) is 3. The van der Waals surface area contributed by atoms with Gasteiger partial charge in [0.15, 0.2) is 0 Å². The van der Waals surface area contributed by atoms with E-state index in [0.717, 1.165) is 12.8 Å². The first-order valence-corrected chi connectivity index (χ1v) is 7.42. The summed E-state index contributed by atoms with van der Waals surface area (Å²) in [5.41, 5.74) is 0. The molecule has 0 aliphatic heterocycles. The summed E-state index contributed by atoms with van der Waals surface area (Å²) < 4.78 is 0. The van der Waals surface area contributed by atoms with Gasteiger partial charge >= 0.3 is 11.9 Å². The van der Waals surface area contributed by atoms with Gasteiger partial charge in [0.05, 0.1) is 12.8 Å². The van der Waals surface area contributed by atoms with E-state index in [2.05, 4.69) is 37.8 Å². The van der Waals surface area contributed by atoms with Crippen molar-refractivity contribution in [2.75, 3.05) is 35.6 Å². The van der Waals surface area contributed by atoms with Crippen LogP contribution in [0.3, 0.4) is 0 Å². The van der Waals surface area contributed by atoms with Gasteiger partial charge in [-0.1, -0.05) is 13.3 Å². The largest absolute Gasteiger partial charge is 0.481 e. The summed E-state index contributed by atoms with van der Waals surface area (Å²) in [6.07, 6.45) is 1.85. The van der Waals surface area contributed by atoms with E-state index in [-0.39, 0.29) is 37.8 Å². The van der Waals surface area contributed by atoms with Crippen LogP contribution in [-0.2, 0) is 9.59 Å². The van der Waals surface area contributed by atoms with Gasteiger partial charge in [-0.3, -0.25) is 9.59 Å². The SMILES string of the molecule is CCCCNc1nc(NCCC(=O)O)nc(NCCC(=O)O)n1. The molecule has 0 fully saturated rings. The van der Waals surface area contributed by atoms with Gasteiger partial charge in [-0.25, -0.2) is 0 Å². The van der Waals surface area contributed by atoms with Crippen LogP contribution in [0.15, 0.2) is 0 Å². The molecule has 128 valence electrons. The van der Waals surface area contributed by atoms with E-state index in [1.807, 2.05) is 0 Å². The highest BCUT2D eigenvalue weighted by atomic mass is 16.4. The van der Waals surface area contributed by atoms with Gasteiger partial charge in [0.25, 0.3) is 0 Å². The summed E-state index contributed by atoms with van der Waals surface area (Å²) in [5.74, 6) is -1.03. The van der Waals surface area contributed by atoms with Gasteiger partial charge in [-0.2, -0.15) is 15.0 Å². The highest BCUT2D eigenvalue weighted by Crippen LogP contribution is 2.09.